The summed E-state index contributed by atoms with van der Waals surface area (Å²) in [4.78, 5) is 0. The molecule has 0 aliphatic rings. The summed E-state index contributed by atoms with van der Waals surface area (Å²) in [5.41, 5.74) is 2.86. The smallest absolute Gasteiger partial charge is 0.0969 e. The van der Waals surface area contributed by atoms with Gasteiger partial charge >= 0.3 is 0 Å². The third-order valence-corrected chi connectivity index (χ3v) is 3.48. The molecule has 2 aromatic carbocycles. The quantitative estimate of drug-likeness (QED) is 0.731. The minimum absolute atomic E-state index is 0.0385. The van der Waals surface area contributed by atoms with Crippen LogP contribution in [0.15, 0.2) is 66.9 Å². The van der Waals surface area contributed by atoms with Crippen LogP contribution in [0.1, 0.15) is 17.3 Å². The van der Waals surface area contributed by atoms with Gasteiger partial charge in [-0.15, -0.1) is 5.10 Å². The lowest BCUT2D eigenvalue weighted by Gasteiger charge is -2.15. The van der Waals surface area contributed by atoms with Crippen molar-refractivity contribution in [1.29, 1.82) is 0 Å². The first-order valence-electron chi connectivity index (χ1n) is 7.22. The molecule has 0 fully saturated rings. The predicted octanol–water partition coefficient (Wildman–Crippen LogP) is 2.09. The number of aliphatic hydroxyl groups is 1. The van der Waals surface area contributed by atoms with Gasteiger partial charge in [-0.1, -0.05) is 53.7 Å². The van der Waals surface area contributed by atoms with Crippen LogP contribution in [-0.4, -0.2) is 26.7 Å². The molecule has 3 rings (SSSR count). The highest BCUT2D eigenvalue weighted by atomic mass is 16.3. The van der Waals surface area contributed by atoms with Crippen molar-refractivity contribution in [3.63, 3.8) is 0 Å². The molecule has 0 spiro atoms. The largest absolute Gasteiger partial charge is 0.394 e. The molecule has 0 aliphatic heterocycles. The van der Waals surface area contributed by atoms with Crippen LogP contribution < -0.4 is 5.32 Å². The van der Waals surface area contributed by atoms with Crippen LogP contribution in [0.4, 0.5) is 0 Å². The SMILES string of the molecule is OCC(NCc1cn(-c2ccccc2)nn1)c1ccccc1. The number of rotatable bonds is 6. The van der Waals surface area contributed by atoms with Crippen molar-refractivity contribution in [2.24, 2.45) is 0 Å². The zero-order valence-electron chi connectivity index (χ0n) is 12.1. The number of hydrogen-bond donors (Lipinski definition) is 2. The molecular weight excluding hydrogens is 276 g/mol. The van der Waals surface area contributed by atoms with Crippen LogP contribution in [0.3, 0.4) is 0 Å². The molecule has 0 amide bonds. The average Bonchev–Trinajstić information content (AvgIpc) is 3.06. The van der Waals surface area contributed by atoms with E-state index in [-0.39, 0.29) is 12.6 Å². The van der Waals surface area contributed by atoms with Crippen LogP contribution >= 0.6 is 0 Å². The molecule has 22 heavy (non-hydrogen) atoms. The van der Waals surface area contributed by atoms with Crippen molar-refractivity contribution in [3.8, 4) is 5.69 Å². The molecule has 0 bridgehead atoms. The van der Waals surface area contributed by atoms with E-state index in [4.69, 9.17) is 0 Å². The first-order chi connectivity index (χ1) is 10.9. The summed E-state index contributed by atoms with van der Waals surface area (Å²) >= 11 is 0. The van der Waals surface area contributed by atoms with Crippen molar-refractivity contribution in [3.05, 3.63) is 78.1 Å². The van der Waals surface area contributed by atoms with Gasteiger partial charge in [-0.05, 0) is 17.7 Å². The van der Waals surface area contributed by atoms with Crippen molar-refractivity contribution in [2.75, 3.05) is 6.61 Å². The molecule has 1 atom stereocenters. The van der Waals surface area contributed by atoms with Gasteiger partial charge < -0.3 is 10.4 Å². The van der Waals surface area contributed by atoms with Crippen LogP contribution in [0.5, 0.6) is 0 Å². The van der Waals surface area contributed by atoms with E-state index in [1.807, 2.05) is 66.9 Å². The van der Waals surface area contributed by atoms with Gasteiger partial charge in [0.15, 0.2) is 0 Å². The zero-order chi connectivity index (χ0) is 15.2. The molecule has 0 saturated carbocycles. The summed E-state index contributed by atoms with van der Waals surface area (Å²) in [6.07, 6.45) is 1.89. The maximum atomic E-state index is 9.54. The Bertz CT molecular complexity index is 697. The molecule has 2 N–H and O–H groups in total. The van der Waals surface area contributed by atoms with Gasteiger partial charge in [0.25, 0.3) is 0 Å². The Morgan fingerprint density at radius 2 is 1.68 bits per heavy atom. The first kappa shape index (κ1) is 14.4. The molecule has 1 unspecified atom stereocenters. The number of aromatic nitrogens is 3. The first-order valence-corrected chi connectivity index (χ1v) is 7.22. The summed E-state index contributed by atoms with van der Waals surface area (Å²) in [7, 11) is 0. The van der Waals surface area contributed by atoms with E-state index in [2.05, 4.69) is 15.6 Å². The van der Waals surface area contributed by atoms with E-state index < -0.39 is 0 Å². The Hall–Kier alpha value is -2.50. The Labute approximate surface area is 129 Å². The van der Waals surface area contributed by atoms with Gasteiger partial charge in [0.2, 0.25) is 0 Å². The fourth-order valence-corrected chi connectivity index (χ4v) is 2.29. The van der Waals surface area contributed by atoms with Gasteiger partial charge in [0, 0.05) is 6.54 Å². The van der Waals surface area contributed by atoms with Crippen LogP contribution in [0.25, 0.3) is 5.69 Å². The lowest BCUT2D eigenvalue weighted by atomic mass is 10.1. The Morgan fingerprint density at radius 1 is 1.00 bits per heavy atom. The molecule has 0 radical (unpaired) electrons. The highest BCUT2D eigenvalue weighted by Crippen LogP contribution is 2.12. The third kappa shape index (κ3) is 3.39. The molecular formula is C17H18N4O. The number of aliphatic hydroxyl groups excluding tert-OH is 1. The fraction of sp³-hybridized carbons (Fsp3) is 0.176. The van der Waals surface area contributed by atoms with E-state index in [1.54, 1.807) is 4.68 Å². The highest BCUT2D eigenvalue weighted by Gasteiger charge is 2.10. The van der Waals surface area contributed by atoms with Crippen molar-refractivity contribution in [1.82, 2.24) is 20.3 Å². The van der Waals surface area contributed by atoms with Crippen molar-refractivity contribution < 1.29 is 5.11 Å². The van der Waals surface area contributed by atoms with E-state index in [1.165, 1.54) is 0 Å². The Balaban J connectivity index is 1.65. The molecule has 1 aromatic heterocycles. The lowest BCUT2D eigenvalue weighted by Crippen LogP contribution is -2.24. The molecule has 1 heterocycles. The fourth-order valence-electron chi connectivity index (χ4n) is 2.29. The van der Waals surface area contributed by atoms with E-state index in [9.17, 15) is 5.11 Å². The summed E-state index contributed by atoms with van der Waals surface area (Å²) in [5.74, 6) is 0. The van der Waals surface area contributed by atoms with Gasteiger partial charge in [-0.3, -0.25) is 0 Å². The summed E-state index contributed by atoms with van der Waals surface area (Å²) in [5, 5.41) is 21.1. The van der Waals surface area contributed by atoms with Gasteiger partial charge in [0.05, 0.1) is 30.2 Å². The summed E-state index contributed by atoms with van der Waals surface area (Å²) in [6.45, 7) is 0.587. The number of benzene rings is 2. The Morgan fingerprint density at radius 3 is 2.36 bits per heavy atom. The minimum Gasteiger partial charge on any atom is -0.394 e. The second-order valence-electron chi connectivity index (χ2n) is 5.02. The van der Waals surface area contributed by atoms with Gasteiger partial charge in [0.1, 0.15) is 0 Å². The van der Waals surface area contributed by atoms with Gasteiger partial charge in [-0.2, -0.15) is 0 Å². The summed E-state index contributed by atoms with van der Waals surface area (Å²) < 4.78 is 1.74. The predicted molar refractivity (Wildman–Crippen MR) is 84.5 cm³/mol. The standard InChI is InChI=1S/C17H18N4O/c22-13-17(14-7-3-1-4-8-14)18-11-15-12-21(20-19-15)16-9-5-2-6-10-16/h1-10,12,17-18,22H,11,13H2. The minimum atomic E-state index is -0.108. The molecule has 5 heteroatoms. The third-order valence-electron chi connectivity index (χ3n) is 3.48. The van der Waals surface area contributed by atoms with Crippen LogP contribution in [0.2, 0.25) is 0 Å². The van der Waals surface area contributed by atoms with E-state index in [0.29, 0.717) is 6.54 Å². The van der Waals surface area contributed by atoms with E-state index >= 15 is 0 Å². The van der Waals surface area contributed by atoms with Gasteiger partial charge in [-0.25, -0.2) is 4.68 Å². The highest BCUT2D eigenvalue weighted by molar-refractivity contribution is 5.30. The second kappa shape index (κ2) is 6.98. The molecule has 0 aliphatic carbocycles. The average molecular weight is 294 g/mol. The van der Waals surface area contributed by atoms with Crippen molar-refractivity contribution >= 4 is 0 Å². The maximum absolute atomic E-state index is 9.54. The molecule has 112 valence electrons. The summed E-state index contributed by atoms with van der Waals surface area (Å²) in [6, 6.07) is 19.6. The number of nitrogens with zero attached hydrogens (tertiary/aromatic N) is 3. The second-order valence-corrected chi connectivity index (χ2v) is 5.02. The number of hydrogen-bond acceptors (Lipinski definition) is 4. The zero-order valence-corrected chi connectivity index (χ0v) is 12.1. The van der Waals surface area contributed by atoms with Crippen LogP contribution in [-0.2, 0) is 6.54 Å². The number of nitrogens with one attached hydrogen (secondary N) is 1. The Kier molecular flexibility index (Phi) is 4.58. The monoisotopic (exact) mass is 294 g/mol. The van der Waals surface area contributed by atoms with Crippen LogP contribution in [0, 0.1) is 0 Å². The number of para-hydroxylation sites is 1. The normalized spacial score (nSPS) is 12.2. The molecule has 3 aromatic rings. The van der Waals surface area contributed by atoms with E-state index in [0.717, 1.165) is 16.9 Å². The topological polar surface area (TPSA) is 63.0 Å². The van der Waals surface area contributed by atoms with Crippen molar-refractivity contribution in [2.45, 2.75) is 12.6 Å². The molecule has 0 saturated heterocycles. The maximum Gasteiger partial charge on any atom is 0.0969 e. The lowest BCUT2D eigenvalue weighted by molar-refractivity contribution is 0.243. The molecule has 5 nitrogen and oxygen atoms in total.